The maximum absolute atomic E-state index is 11.7. The number of aromatic nitrogens is 4. The van der Waals surface area contributed by atoms with Crippen LogP contribution in [0.2, 0.25) is 0 Å². The third-order valence-electron chi connectivity index (χ3n) is 4.03. The van der Waals surface area contributed by atoms with Crippen molar-refractivity contribution >= 4 is 28.3 Å². The van der Waals surface area contributed by atoms with E-state index in [9.17, 15) is 9.90 Å². The van der Waals surface area contributed by atoms with Crippen LogP contribution in [0.3, 0.4) is 0 Å². The van der Waals surface area contributed by atoms with E-state index < -0.39 is 5.97 Å². The fourth-order valence-corrected chi connectivity index (χ4v) is 2.91. The number of pyridine rings is 1. The van der Waals surface area contributed by atoms with E-state index in [0.717, 1.165) is 24.4 Å². The molecule has 3 heterocycles. The van der Waals surface area contributed by atoms with E-state index in [1.807, 2.05) is 34.0 Å². The summed E-state index contributed by atoms with van der Waals surface area (Å²) in [7, 11) is 4.02. The molecular weight excluding hydrogens is 320 g/mol. The molecule has 8 heteroatoms. The maximum atomic E-state index is 11.7. The maximum Gasteiger partial charge on any atom is 0.339 e. The van der Waals surface area contributed by atoms with Gasteiger partial charge in [0.05, 0.1) is 22.5 Å². The molecule has 0 bridgehead atoms. The van der Waals surface area contributed by atoms with Gasteiger partial charge >= 0.3 is 5.97 Å². The lowest BCUT2D eigenvalue weighted by Crippen LogP contribution is -2.17. The average Bonchev–Trinajstić information content (AvgIpc) is 2.91. The fraction of sp³-hybridized carbons (Fsp3) is 0.412. The molecule has 0 fully saturated rings. The molecule has 0 radical (unpaired) electrons. The van der Waals surface area contributed by atoms with Crippen LogP contribution in [0, 0.1) is 13.8 Å². The van der Waals surface area contributed by atoms with Crippen molar-refractivity contribution < 1.29 is 9.90 Å². The molecule has 0 saturated carbocycles. The lowest BCUT2D eigenvalue weighted by atomic mass is 10.1. The fourth-order valence-electron chi connectivity index (χ4n) is 2.91. The molecule has 8 nitrogen and oxygen atoms in total. The number of aromatic carboxylic acids is 1. The molecule has 0 unspecified atom stereocenters. The predicted octanol–water partition coefficient (Wildman–Crippen LogP) is 1.96. The number of hydrogen-bond acceptors (Lipinski definition) is 6. The van der Waals surface area contributed by atoms with Crippen LogP contribution in [-0.4, -0.2) is 62.7 Å². The zero-order valence-corrected chi connectivity index (χ0v) is 14.9. The normalized spacial score (nSPS) is 11.6. The Kier molecular flexibility index (Phi) is 4.54. The first-order chi connectivity index (χ1) is 11.9. The molecule has 0 aliphatic heterocycles. The topological polar surface area (TPSA) is 95.7 Å². The predicted molar refractivity (Wildman–Crippen MR) is 96.4 cm³/mol. The van der Waals surface area contributed by atoms with Gasteiger partial charge in [0.2, 0.25) is 0 Å². The van der Waals surface area contributed by atoms with Crippen molar-refractivity contribution in [2.24, 2.45) is 0 Å². The second-order valence-electron chi connectivity index (χ2n) is 6.39. The molecule has 3 rings (SSSR count). The van der Waals surface area contributed by atoms with E-state index in [-0.39, 0.29) is 5.56 Å². The minimum Gasteiger partial charge on any atom is -0.478 e. The first-order valence-corrected chi connectivity index (χ1v) is 8.16. The number of rotatable bonds is 6. The molecule has 0 saturated heterocycles. The van der Waals surface area contributed by atoms with Gasteiger partial charge in [-0.2, -0.15) is 9.61 Å². The van der Waals surface area contributed by atoms with Crippen LogP contribution in [0.1, 0.15) is 28.2 Å². The Balaban J connectivity index is 2.14. The largest absolute Gasteiger partial charge is 0.478 e. The Morgan fingerprint density at radius 3 is 2.80 bits per heavy atom. The van der Waals surface area contributed by atoms with Crippen LogP contribution in [-0.2, 0) is 0 Å². The molecule has 0 amide bonds. The van der Waals surface area contributed by atoms with E-state index in [1.165, 1.54) is 6.20 Å². The van der Waals surface area contributed by atoms with Crippen molar-refractivity contribution in [2.45, 2.75) is 20.3 Å². The number of nitrogens with zero attached hydrogens (tertiary/aromatic N) is 5. The monoisotopic (exact) mass is 342 g/mol. The van der Waals surface area contributed by atoms with Gasteiger partial charge in [0.25, 0.3) is 0 Å². The first-order valence-electron chi connectivity index (χ1n) is 8.16. The molecule has 0 aliphatic carbocycles. The number of carboxylic acids is 1. The van der Waals surface area contributed by atoms with Gasteiger partial charge in [0.1, 0.15) is 5.56 Å². The standard InChI is InChI=1S/C17H22N6O2/c1-10-8-13-20-11(2)14-15(18-6-5-7-22(3)4)12(17(24)25)9-19-16(14)23(13)21-10/h8-9H,5-7H2,1-4H3,(H,18,19)(H,24,25). The van der Waals surface area contributed by atoms with Crippen LogP contribution < -0.4 is 5.32 Å². The van der Waals surface area contributed by atoms with Gasteiger partial charge in [-0.3, -0.25) is 0 Å². The van der Waals surface area contributed by atoms with Gasteiger partial charge in [-0.1, -0.05) is 0 Å². The summed E-state index contributed by atoms with van der Waals surface area (Å²) < 4.78 is 1.66. The zero-order chi connectivity index (χ0) is 18.1. The molecule has 0 aliphatic rings. The van der Waals surface area contributed by atoms with E-state index in [4.69, 9.17) is 0 Å². The second kappa shape index (κ2) is 6.64. The minimum absolute atomic E-state index is 0.144. The number of nitrogens with one attached hydrogen (secondary N) is 1. The molecule has 25 heavy (non-hydrogen) atoms. The number of hydrogen-bond donors (Lipinski definition) is 2. The summed E-state index contributed by atoms with van der Waals surface area (Å²) >= 11 is 0. The van der Waals surface area contributed by atoms with Gasteiger partial charge in [-0.05, 0) is 40.9 Å². The third kappa shape index (κ3) is 3.25. The number of carbonyl (C=O) groups is 1. The summed E-state index contributed by atoms with van der Waals surface area (Å²) in [6, 6.07) is 1.88. The smallest absolute Gasteiger partial charge is 0.339 e. The lowest BCUT2D eigenvalue weighted by molar-refractivity contribution is 0.0697. The Labute approximate surface area is 145 Å². The molecule has 2 N–H and O–H groups in total. The van der Waals surface area contributed by atoms with E-state index >= 15 is 0 Å². The molecule has 3 aromatic heterocycles. The number of anilines is 1. The van der Waals surface area contributed by atoms with Crippen molar-refractivity contribution in [2.75, 3.05) is 32.5 Å². The van der Waals surface area contributed by atoms with Crippen molar-refractivity contribution in [1.29, 1.82) is 0 Å². The zero-order valence-electron chi connectivity index (χ0n) is 14.9. The quantitative estimate of drug-likeness (QED) is 0.661. The minimum atomic E-state index is -1.01. The molecule has 3 aromatic rings. The van der Waals surface area contributed by atoms with Crippen LogP contribution in [0.15, 0.2) is 12.3 Å². The summed E-state index contributed by atoms with van der Waals surface area (Å²) in [5.41, 5.74) is 3.58. The highest BCUT2D eigenvalue weighted by Gasteiger charge is 2.19. The lowest BCUT2D eigenvalue weighted by Gasteiger charge is -2.15. The summed E-state index contributed by atoms with van der Waals surface area (Å²) in [5, 5.41) is 17.9. The molecular formula is C17H22N6O2. The Hall–Kier alpha value is -2.74. The molecule has 0 aromatic carbocycles. The van der Waals surface area contributed by atoms with Crippen LogP contribution >= 0.6 is 0 Å². The number of carboxylic acid groups (broad SMARTS) is 1. The molecule has 132 valence electrons. The Morgan fingerprint density at radius 2 is 2.12 bits per heavy atom. The highest BCUT2D eigenvalue weighted by atomic mass is 16.4. The summed E-state index contributed by atoms with van der Waals surface area (Å²) in [5.74, 6) is -1.01. The SMILES string of the molecule is Cc1cc2nc(C)c3c(NCCCN(C)C)c(C(=O)O)cnc3n2n1. The van der Waals surface area contributed by atoms with Crippen molar-refractivity contribution in [3.05, 3.63) is 29.2 Å². The first kappa shape index (κ1) is 17.1. The van der Waals surface area contributed by atoms with Crippen LogP contribution in [0.4, 0.5) is 5.69 Å². The van der Waals surface area contributed by atoms with Gasteiger partial charge in [0.15, 0.2) is 11.3 Å². The van der Waals surface area contributed by atoms with Crippen LogP contribution in [0.25, 0.3) is 16.7 Å². The van der Waals surface area contributed by atoms with E-state index in [2.05, 4.69) is 25.3 Å². The average molecular weight is 342 g/mol. The number of aryl methyl sites for hydroxylation is 2. The van der Waals surface area contributed by atoms with Crippen molar-refractivity contribution in [3.8, 4) is 0 Å². The van der Waals surface area contributed by atoms with Crippen molar-refractivity contribution in [1.82, 2.24) is 24.5 Å². The highest BCUT2D eigenvalue weighted by Crippen LogP contribution is 2.29. The van der Waals surface area contributed by atoms with E-state index in [1.54, 1.807) is 4.52 Å². The van der Waals surface area contributed by atoms with Gasteiger partial charge in [-0.15, -0.1) is 0 Å². The Morgan fingerprint density at radius 1 is 1.36 bits per heavy atom. The van der Waals surface area contributed by atoms with Gasteiger partial charge < -0.3 is 15.3 Å². The summed E-state index contributed by atoms with van der Waals surface area (Å²) in [4.78, 5) is 22.7. The van der Waals surface area contributed by atoms with E-state index in [0.29, 0.717) is 28.9 Å². The number of fused-ring (bicyclic) bond motifs is 3. The Bertz CT molecular complexity index is 947. The van der Waals surface area contributed by atoms with Crippen molar-refractivity contribution in [3.63, 3.8) is 0 Å². The van der Waals surface area contributed by atoms with Gasteiger partial charge in [-0.25, -0.2) is 14.8 Å². The van der Waals surface area contributed by atoms with Gasteiger partial charge in [0, 0.05) is 18.8 Å². The second-order valence-corrected chi connectivity index (χ2v) is 6.39. The third-order valence-corrected chi connectivity index (χ3v) is 4.03. The molecule has 0 spiro atoms. The summed E-state index contributed by atoms with van der Waals surface area (Å²) in [6.45, 7) is 5.33. The molecule has 0 atom stereocenters. The summed E-state index contributed by atoms with van der Waals surface area (Å²) in [6.07, 6.45) is 2.28. The van der Waals surface area contributed by atoms with Crippen LogP contribution in [0.5, 0.6) is 0 Å². The highest BCUT2D eigenvalue weighted by molar-refractivity contribution is 6.04.